The fraction of sp³-hybridized carbons (Fsp3) is 0.533. The molecule has 0 fully saturated rings. The Labute approximate surface area is 125 Å². The minimum absolute atomic E-state index is 0.0482. The Bertz CT molecular complexity index is 489. The monoisotopic (exact) mass is 293 g/mol. The van der Waals surface area contributed by atoms with Crippen LogP contribution in [0.15, 0.2) is 24.3 Å². The summed E-state index contributed by atoms with van der Waals surface area (Å²) in [6, 6.07) is 6.80. The van der Waals surface area contributed by atoms with Crippen molar-refractivity contribution in [3.63, 3.8) is 0 Å². The van der Waals surface area contributed by atoms with E-state index in [1.165, 1.54) is 12.1 Å². The van der Waals surface area contributed by atoms with Gasteiger partial charge in [-0.3, -0.25) is 14.9 Å². The molecule has 0 aromatic heterocycles. The number of hydrogen-bond donors (Lipinski definition) is 1. The number of nitro benzene ring substituents is 1. The first-order valence-corrected chi connectivity index (χ1v) is 7.11. The Morgan fingerprint density at radius 3 is 2.76 bits per heavy atom. The lowest BCUT2D eigenvalue weighted by molar-refractivity contribution is -0.384. The lowest BCUT2D eigenvalue weighted by atomic mass is 10.2. The molecule has 21 heavy (non-hydrogen) atoms. The van der Waals surface area contributed by atoms with Crippen LogP contribution < -0.4 is 5.32 Å². The molecule has 0 aliphatic heterocycles. The number of hydrogen-bond acceptors (Lipinski definition) is 4. The van der Waals surface area contributed by atoms with Gasteiger partial charge in [-0.25, -0.2) is 0 Å². The van der Waals surface area contributed by atoms with E-state index in [0.717, 1.165) is 18.5 Å². The first kappa shape index (κ1) is 17.1. The second-order valence-electron chi connectivity index (χ2n) is 5.39. The van der Waals surface area contributed by atoms with E-state index in [0.29, 0.717) is 19.0 Å². The minimum atomic E-state index is -0.428. The molecular formula is C15H23N3O3. The summed E-state index contributed by atoms with van der Waals surface area (Å²) >= 11 is 0. The summed E-state index contributed by atoms with van der Waals surface area (Å²) in [7, 11) is 1.72. The van der Waals surface area contributed by atoms with Gasteiger partial charge in [-0.15, -0.1) is 0 Å². The number of carbonyl (C=O) groups is 1. The van der Waals surface area contributed by atoms with Crippen molar-refractivity contribution < 1.29 is 9.72 Å². The van der Waals surface area contributed by atoms with E-state index in [-0.39, 0.29) is 11.6 Å². The van der Waals surface area contributed by atoms with E-state index in [4.69, 9.17) is 0 Å². The average molecular weight is 293 g/mol. The van der Waals surface area contributed by atoms with E-state index >= 15 is 0 Å². The summed E-state index contributed by atoms with van der Waals surface area (Å²) in [5.74, 6) is 0.0482. The lowest BCUT2D eigenvalue weighted by Crippen LogP contribution is -2.28. The number of nitrogens with zero attached hydrogens (tertiary/aromatic N) is 2. The van der Waals surface area contributed by atoms with Gasteiger partial charge in [0.2, 0.25) is 5.91 Å². The van der Waals surface area contributed by atoms with Gasteiger partial charge in [-0.05, 0) is 18.5 Å². The number of nitro groups is 1. The highest BCUT2D eigenvalue weighted by Crippen LogP contribution is 2.14. The molecule has 0 spiro atoms. The fourth-order valence-electron chi connectivity index (χ4n) is 1.95. The van der Waals surface area contributed by atoms with Gasteiger partial charge >= 0.3 is 0 Å². The van der Waals surface area contributed by atoms with Crippen LogP contribution in [0.5, 0.6) is 0 Å². The molecule has 0 radical (unpaired) electrons. The first-order chi connectivity index (χ1) is 9.90. The van der Waals surface area contributed by atoms with Gasteiger partial charge in [-0.1, -0.05) is 26.0 Å². The molecule has 1 aromatic rings. The van der Waals surface area contributed by atoms with E-state index in [1.807, 2.05) is 0 Å². The highest BCUT2D eigenvalue weighted by atomic mass is 16.6. The largest absolute Gasteiger partial charge is 0.341 e. The molecule has 0 aliphatic rings. The summed E-state index contributed by atoms with van der Waals surface area (Å²) in [5, 5.41) is 14.0. The predicted octanol–water partition coefficient (Wildman–Crippen LogP) is 2.33. The van der Waals surface area contributed by atoms with Crippen molar-refractivity contribution in [2.45, 2.75) is 39.3 Å². The molecule has 0 aliphatic carbocycles. The van der Waals surface area contributed by atoms with Gasteiger partial charge in [0.05, 0.1) is 4.92 Å². The lowest BCUT2D eigenvalue weighted by Gasteiger charge is -2.17. The van der Waals surface area contributed by atoms with Gasteiger partial charge in [0.15, 0.2) is 0 Å². The zero-order valence-corrected chi connectivity index (χ0v) is 12.8. The van der Waals surface area contributed by atoms with Crippen molar-refractivity contribution in [1.82, 2.24) is 10.2 Å². The molecule has 1 aromatic carbocycles. The van der Waals surface area contributed by atoms with Gasteiger partial charge in [0, 0.05) is 38.2 Å². The fourth-order valence-corrected chi connectivity index (χ4v) is 1.95. The molecule has 0 saturated heterocycles. The van der Waals surface area contributed by atoms with Gasteiger partial charge in [0.1, 0.15) is 0 Å². The van der Waals surface area contributed by atoms with Crippen molar-refractivity contribution >= 4 is 11.6 Å². The molecule has 0 heterocycles. The zero-order chi connectivity index (χ0) is 15.8. The molecule has 0 atom stereocenters. The van der Waals surface area contributed by atoms with Crippen LogP contribution in [0.2, 0.25) is 0 Å². The average Bonchev–Trinajstić information content (AvgIpc) is 2.43. The summed E-state index contributed by atoms with van der Waals surface area (Å²) in [5.41, 5.74) is 0.815. The van der Waals surface area contributed by atoms with Crippen LogP contribution in [0.4, 0.5) is 5.69 Å². The molecule has 0 saturated carbocycles. The Balaban J connectivity index is 2.45. The van der Waals surface area contributed by atoms with Crippen molar-refractivity contribution in [1.29, 1.82) is 0 Å². The summed E-state index contributed by atoms with van der Waals surface area (Å²) in [4.78, 5) is 23.9. The van der Waals surface area contributed by atoms with Crippen molar-refractivity contribution in [2.75, 3.05) is 13.6 Å². The minimum Gasteiger partial charge on any atom is -0.341 e. The highest BCUT2D eigenvalue weighted by molar-refractivity contribution is 5.75. The summed E-state index contributed by atoms with van der Waals surface area (Å²) in [6.45, 7) is 5.33. The van der Waals surface area contributed by atoms with E-state index in [9.17, 15) is 14.9 Å². The number of benzene rings is 1. The number of rotatable bonds is 8. The Hall–Kier alpha value is -1.95. The first-order valence-electron chi connectivity index (χ1n) is 7.11. The predicted molar refractivity (Wildman–Crippen MR) is 81.9 cm³/mol. The number of non-ortho nitro benzene ring substituents is 1. The molecule has 0 bridgehead atoms. The van der Waals surface area contributed by atoms with Gasteiger partial charge < -0.3 is 10.2 Å². The van der Waals surface area contributed by atoms with Crippen LogP contribution in [-0.2, 0) is 11.3 Å². The van der Waals surface area contributed by atoms with E-state index < -0.39 is 4.92 Å². The zero-order valence-electron chi connectivity index (χ0n) is 12.8. The molecule has 6 nitrogen and oxygen atoms in total. The molecule has 0 unspecified atom stereocenters. The molecule has 1 rings (SSSR count). The highest BCUT2D eigenvalue weighted by Gasteiger charge is 2.11. The second kappa shape index (κ2) is 8.36. The van der Waals surface area contributed by atoms with Crippen molar-refractivity contribution in [3.8, 4) is 0 Å². The molecular weight excluding hydrogens is 270 g/mol. The van der Waals surface area contributed by atoms with Gasteiger partial charge in [-0.2, -0.15) is 0 Å². The third kappa shape index (κ3) is 6.35. The van der Waals surface area contributed by atoms with E-state index in [1.54, 1.807) is 24.1 Å². The van der Waals surface area contributed by atoms with Crippen LogP contribution in [0, 0.1) is 10.1 Å². The maximum Gasteiger partial charge on any atom is 0.269 e. The normalized spacial score (nSPS) is 10.7. The van der Waals surface area contributed by atoms with Crippen LogP contribution in [0.1, 0.15) is 32.3 Å². The molecule has 1 N–H and O–H groups in total. The maximum atomic E-state index is 12.0. The SMILES string of the molecule is CC(C)NCCCC(=O)N(C)Cc1cccc([N+](=O)[O-])c1. The topological polar surface area (TPSA) is 75.5 Å². The van der Waals surface area contributed by atoms with Crippen molar-refractivity contribution in [3.05, 3.63) is 39.9 Å². The Morgan fingerprint density at radius 1 is 1.43 bits per heavy atom. The Kier molecular flexibility index (Phi) is 6.81. The van der Waals surface area contributed by atoms with Crippen LogP contribution in [0.25, 0.3) is 0 Å². The number of carbonyl (C=O) groups excluding carboxylic acids is 1. The summed E-state index contributed by atoms with van der Waals surface area (Å²) in [6.07, 6.45) is 1.27. The molecule has 6 heteroatoms. The summed E-state index contributed by atoms with van der Waals surface area (Å²) < 4.78 is 0. The quantitative estimate of drug-likeness (QED) is 0.453. The third-order valence-electron chi connectivity index (χ3n) is 3.09. The standard InChI is InChI=1S/C15H23N3O3/c1-12(2)16-9-5-8-15(19)17(3)11-13-6-4-7-14(10-13)18(20)21/h4,6-7,10,12,16H,5,8-9,11H2,1-3H3. The van der Waals surface area contributed by atoms with Crippen LogP contribution >= 0.6 is 0 Å². The smallest absolute Gasteiger partial charge is 0.269 e. The van der Waals surface area contributed by atoms with Gasteiger partial charge in [0.25, 0.3) is 5.69 Å². The Morgan fingerprint density at radius 2 is 2.14 bits per heavy atom. The molecule has 1 amide bonds. The molecule has 116 valence electrons. The maximum absolute atomic E-state index is 12.0. The van der Waals surface area contributed by atoms with E-state index in [2.05, 4.69) is 19.2 Å². The number of amides is 1. The van der Waals surface area contributed by atoms with Crippen LogP contribution in [0.3, 0.4) is 0 Å². The number of nitrogens with one attached hydrogen (secondary N) is 1. The third-order valence-corrected chi connectivity index (χ3v) is 3.09. The van der Waals surface area contributed by atoms with Crippen LogP contribution in [-0.4, -0.2) is 35.4 Å². The second-order valence-corrected chi connectivity index (χ2v) is 5.39. The van der Waals surface area contributed by atoms with Crippen molar-refractivity contribution in [2.24, 2.45) is 0 Å².